The molecular weight excluding hydrogens is 463 g/mol. The molecule has 1 fully saturated rings. The van der Waals surface area contributed by atoms with Crippen LogP contribution in [-0.2, 0) is 4.79 Å². The number of rotatable bonds is 5. The van der Waals surface area contributed by atoms with Crippen LogP contribution in [0.2, 0.25) is 0 Å². The number of hydrogen-bond acceptors (Lipinski definition) is 6. The van der Waals surface area contributed by atoms with Gasteiger partial charge in [-0.1, -0.05) is 0 Å². The summed E-state index contributed by atoms with van der Waals surface area (Å²) in [5, 5.41) is 21.3. The molecule has 0 atom stereocenters. The second-order valence-electron chi connectivity index (χ2n) is 8.27. The second kappa shape index (κ2) is 9.61. The maximum Gasteiger partial charge on any atom is 0.471 e. The predicted octanol–water partition coefficient (Wildman–Crippen LogP) is 3.03. The highest BCUT2D eigenvalue weighted by molar-refractivity contribution is 5.99. The standard InChI is InChI=1S/C23H22F3N7O2/c1-28-21(34)17-12-29-19(20-7-6-16-8-13(10-27)11-30-33(16)20)9-18(17)31-14-2-4-15(5-3-14)32-22(35)23(24,25)26/h6-9,11-12,14-15H,2-5H2,1H3,(H,28,34)(H,29,31)(H,32,35). The third kappa shape index (κ3) is 5.18. The van der Waals surface area contributed by atoms with Gasteiger partial charge in [-0.2, -0.15) is 23.5 Å². The summed E-state index contributed by atoms with van der Waals surface area (Å²) in [5.74, 6) is -2.26. The van der Waals surface area contributed by atoms with Crippen molar-refractivity contribution in [1.29, 1.82) is 5.26 Å². The lowest BCUT2D eigenvalue weighted by Gasteiger charge is -2.31. The van der Waals surface area contributed by atoms with Gasteiger partial charge < -0.3 is 16.0 Å². The number of pyridine rings is 1. The first-order chi connectivity index (χ1) is 16.7. The predicted molar refractivity (Wildman–Crippen MR) is 120 cm³/mol. The van der Waals surface area contributed by atoms with E-state index in [1.54, 1.807) is 22.7 Å². The molecule has 0 spiro atoms. The van der Waals surface area contributed by atoms with Crippen LogP contribution in [0.5, 0.6) is 0 Å². The van der Waals surface area contributed by atoms with Crippen LogP contribution in [0.1, 0.15) is 41.6 Å². The van der Waals surface area contributed by atoms with E-state index in [0.717, 1.165) is 0 Å². The van der Waals surface area contributed by atoms with Crippen molar-refractivity contribution in [2.75, 3.05) is 12.4 Å². The molecule has 0 unspecified atom stereocenters. The number of carbonyl (C=O) groups excluding carboxylic acids is 2. The minimum Gasteiger partial charge on any atom is -0.382 e. The van der Waals surface area contributed by atoms with Crippen molar-refractivity contribution in [3.63, 3.8) is 0 Å². The average Bonchev–Trinajstić information content (AvgIpc) is 3.27. The van der Waals surface area contributed by atoms with Gasteiger partial charge in [0.2, 0.25) is 0 Å². The van der Waals surface area contributed by atoms with Crippen LogP contribution in [0.4, 0.5) is 18.9 Å². The molecule has 0 aromatic carbocycles. The number of halogens is 3. The zero-order valence-electron chi connectivity index (χ0n) is 18.7. The Balaban J connectivity index is 1.55. The van der Waals surface area contributed by atoms with Crippen LogP contribution in [-0.4, -0.2) is 51.7 Å². The fourth-order valence-electron chi connectivity index (χ4n) is 4.15. The Morgan fingerprint density at radius 2 is 1.83 bits per heavy atom. The van der Waals surface area contributed by atoms with Crippen molar-refractivity contribution in [3.8, 4) is 17.5 Å². The van der Waals surface area contributed by atoms with Crippen molar-refractivity contribution in [3.05, 3.63) is 47.8 Å². The Labute approximate surface area is 198 Å². The van der Waals surface area contributed by atoms with Crippen LogP contribution < -0.4 is 16.0 Å². The van der Waals surface area contributed by atoms with E-state index in [1.807, 2.05) is 17.5 Å². The van der Waals surface area contributed by atoms with Gasteiger partial charge in [0.1, 0.15) is 6.07 Å². The van der Waals surface area contributed by atoms with Crippen molar-refractivity contribution in [2.24, 2.45) is 0 Å². The molecule has 3 heterocycles. The minimum atomic E-state index is -4.90. The number of amides is 2. The Kier molecular flexibility index (Phi) is 6.59. The van der Waals surface area contributed by atoms with Crippen LogP contribution >= 0.6 is 0 Å². The number of nitriles is 1. The highest BCUT2D eigenvalue weighted by Gasteiger charge is 2.40. The van der Waals surface area contributed by atoms with Gasteiger partial charge in [0.15, 0.2) is 0 Å². The third-order valence-electron chi connectivity index (χ3n) is 5.95. The van der Waals surface area contributed by atoms with Crippen molar-refractivity contribution < 1.29 is 22.8 Å². The van der Waals surface area contributed by atoms with Crippen LogP contribution in [0.25, 0.3) is 16.9 Å². The Morgan fingerprint density at radius 1 is 1.11 bits per heavy atom. The maximum atomic E-state index is 12.5. The number of aromatic nitrogens is 3. The van der Waals surface area contributed by atoms with Gasteiger partial charge in [-0.25, -0.2) is 4.52 Å². The Bertz CT molecular complexity index is 1300. The molecule has 0 radical (unpaired) electrons. The van der Waals surface area contributed by atoms with E-state index < -0.39 is 18.1 Å². The summed E-state index contributed by atoms with van der Waals surface area (Å²) in [4.78, 5) is 28.1. The largest absolute Gasteiger partial charge is 0.471 e. The van der Waals surface area contributed by atoms with E-state index in [2.05, 4.69) is 20.7 Å². The van der Waals surface area contributed by atoms with Crippen molar-refractivity contribution in [1.82, 2.24) is 25.2 Å². The molecule has 3 N–H and O–H groups in total. The summed E-state index contributed by atoms with van der Waals surface area (Å²) in [5.41, 5.74) is 3.20. The number of nitrogens with zero attached hydrogens (tertiary/aromatic N) is 4. The minimum absolute atomic E-state index is 0.104. The maximum absolute atomic E-state index is 12.5. The summed E-state index contributed by atoms with van der Waals surface area (Å²) < 4.78 is 39.2. The van der Waals surface area contributed by atoms with Gasteiger partial charge in [0.05, 0.1) is 39.9 Å². The topological polar surface area (TPSA) is 124 Å². The van der Waals surface area contributed by atoms with Gasteiger partial charge in [0, 0.05) is 25.3 Å². The zero-order valence-corrected chi connectivity index (χ0v) is 18.7. The molecule has 182 valence electrons. The molecule has 0 saturated heterocycles. The molecule has 0 bridgehead atoms. The normalized spacial score (nSPS) is 18.0. The number of anilines is 1. The molecule has 1 aliphatic rings. The molecule has 0 aliphatic heterocycles. The van der Waals surface area contributed by atoms with Gasteiger partial charge in [-0.15, -0.1) is 0 Å². The fraction of sp³-hybridized carbons (Fsp3) is 0.348. The first-order valence-corrected chi connectivity index (χ1v) is 10.9. The number of alkyl halides is 3. The summed E-state index contributed by atoms with van der Waals surface area (Å²) >= 11 is 0. The second-order valence-corrected chi connectivity index (χ2v) is 8.27. The highest BCUT2D eigenvalue weighted by Crippen LogP contribution is 2.29. The molecule has 9 nitrogen and oxygen atoms in total. The molecular formula is C23H22F3N7O2. The first-order valence-electron chi connectivity index (χ1n) is 10.9. The van der Waals surface area contributed by atoms with Gasteiger partial charge >= 0.3 is 12.1 Å². The lowest BCUT2D eigenvalue weighted by Crippen LogP contribution is -2.45. The fourth-order valence-corrected chi connectivity index (χ4v) is 4.15. The zero-order chi connectivity index (χ0) is 25.2. The molecule has 3 aromatic heterocycles. The van der Waals surface area contributed by atoms with Gasteiger partial charge in [-0.3, -0.25) is 14.6 Å². The molecule has 4 rings (SSSR count). The highest BCUT2D eigenvalue weighted by atomic mass is 19.4. The lowest BCUT2D eigenvalue weighted by molar-refractivity contribution is -0.174. The molecule has 2 amide bonds. The third-order valence-corrected chi connectivity index (χ3v) is 5.95. The van der Waals surface area contributed by atoms with E-state index in [-0.39, 0.29) is 11.9 Å². The van der Waals surface area contributed by atoms with E-state index in [1.165, 1.54) is 19.4 Å². The smallest absolute Gasteiger partial charge is 0.382 e. The number of nitrogens with one attached hydrogen (secondary N) is 3. The molecule has 1 aliphatic carbocycles. The molecule has 1 saturated carbocycles. The number of hydrogen-bond donors (Lipinski definition) is 3. The summed E-state index contributed by atoms with van der Waals surface area (Å²) in [6.45, 7) is 0. The van der Waals surface area contributed by atoms with Crippen molar-refractivity contribution in [2.45, 2.75) is 43.9 Å². The van der Waals surface area contributed by atoms with Crippen LogP contribution in [0.15, 0.2) is 36.7 Å². The number of fused-ring (bicyclic) bond motifs is 1. The van der Waals surface area contributed by atoms with Crippen LogP contribution in [0, 0.1) is 11.3 Å². The van der Waals surface area contributed by atoms with E-state index in [4.69, 9.17) is 5.26 Å². The first kappa shape index (κ1) is 24.0. The quantitative estimate of drug-likeness (QED) is 0.510. The molecule has 12 heteroatoms. The van der Waals surface area contributed by atoms with Crippen molar-refractivity contribution >= 4 is 23.0 Å². The summed E-state index contributed by atoms with van der Waals surface area (Å²) in [6.07, 6.45) is -0.221. The average molecular weight is 485 g/mol. The summed E-state index contributed by atoms with van der Waals surface area (Å²) in [7, 11) is 1.51. The monoisotopic (exact) mass is 485 g/mol. The molecule has 35 heavy (non-hydrogen) atoms. The Morgan fingerprint density at radius 3 is 2.49 bits per heavy atom. The molecule has 3 aromatic rings. The number of carbonyl (C=O) groups is 2. The van der Waals surface area contributed by atoms with Gasteiger partial charge in [-0.05, 0) is 49.9 Å². The SMILES string of the molecule is CNC(=O)c1cnc(-c2ccc3cc(C#N)cnn23)cc1NC1CCC(NC(=O)C(F)(F)F)CC1. The van der Waals surface area contributed by atoms with E-state index in [9.17, 15) is 22.8 Å². The van der Waals surface area contributed by atoms with Gasteiger partial charge in [0.25, 0.3) is 5.91 Å². The van der Waals surface area contributed by atoms with E-state index >= 15 is 0 Å². The van der Waals surface area contributed by atoms with Crippen LogP contribution in [0.3, 0.4) is 0 Å². The summed E-state index contributed by atoms with van der Waals surface area (Å²) in [6, 6.07) is 8.43. The Hall–Kier alpha value is -4.14. The lowest BCUT2D eigenvalue weighted by atomic mass is 9.90. The van der Waals surface area contributed by atoms with E-state index in [0.29, 0.717) is 59.4 Å².